The van der Waals surface area contributed by atoms with Gasteiger partial charge in [-0.15, -0.1) is 0 Å². The van der Waals surface area contributed by atoms with Gasteiger partial charge >= 0.3 is 0 Å². The van der Waals surface area contributed by atoms with E-state index in [4.69, 9.17) is 4.74 Å². The maximum atomic E-state index is 11.3. The van der Waals surface area contributed by atoms with Gasteiger partial charge in [0.2, 0.25) is 0 Å². The molecule has 0 bridgehead atoms. The Labute approximate surface area is 113 Å². The Morgan fingerprint density at radius 2 is 2.05 bits per heavy atom. The number of hydrogen-bond donors (Lipinski definition) is 2. The second kappa shape index (κ2) is 5.79. The van der Waals surface area contributed by atoms with Crippen molar-refractivity contribution in [1.29, 1.82) is 0 Å². The number of nitrogens with one attached hydrogen (secondary N) is 1. The van der Waals surface area contributed by atoms with Crippen LogP contribution in [0.4, 0.5) is 0 Å². The molecule has 19 heavy (non-hydrogen) atoms. The molecule has 1 aromatic rings. The summed E-state index contributed by atoms with van der Waals surface area (Å²) in [7, 11) is -1.30. The van der Waals surface area contributed by atoms with Crippen LogP contribution in [0.15, 0.2) is 18.2 Å². The Kier molecular flexibility index (Phi) is 4.31. The van der Waals surface area contributed by atoms with E-state index >= 15 is 0 Å². The van der Waals surface area contributed by atoms with Crippen LogP contribution in [0.3, 0.4) is 0 Å². The van der Waals surface area contributed by atoms with E-state index < -0.39 is 9.84 Å². The molecule has 0 unspecified atom stereocenters. The molecule has 0 spiro atoms. The molecular formula is C13H19NO4S. The molecular weight excluding hydrogens is 266 g/mol. The molecule has 0 saturated carbocycles. The SMILES string of the molecule is COc1ccc(CNC2CCS(=O)(=O)CC2)cc1O. The highest BCUT2D eigenvalue weighted by Gasteiger charge is 2.22. The average molecular weight is 285 g/mol. The van der Waals surface area contributed by atoms with Crippen LogP contribution in [0.1, 0.15) is 18.4 Å². The second-order valence-electron chi connectivity index (χ2n) is 4.81. The van der Waals surface area contributed by atoms with Crippen molar-refractivity contribution in [2.24, 2.45) is 0 Å². The summed E-state index contributed by atoms with van der Waals surface area (Å²) in [6.45, 7) is 0.613. The molecule has 1 fully saturated rings. The van der Waals surface area contributed by atoms with Crippen molar-refractivity contribution < 1.29 is 18.3 Å². The van der Waals surface area contributed by atoms with Crippen LogP contribution in [-0.2, 0) is 16.4 Å². The standard InChI is InChI=1S/C13H19NO4S/c1-18-13-3-2-10(8-12(13)15)9-14-11-4-6-19(16,17)7-5-11/h2-3,8,11,14-15H,4-7,9H2,1H3. The second-order valence-corrected chi connectivity index (χ2v) is 7.12. The van der Waals surface area contributed by atoms with E-state index in [1.54, 1.807) is 12.1 Å². The predicted octanol–water partition coefficient (Wildman–Crippen LogP) is 1.07. The molecule has 106 valence electrons. The fraction of sp³-hybridized carbons (Fsp3) is 0.538. The van der Waals surface area contributed by atoms with Crippen LogP contribution in [0, 0.1) is 0 Å². The summed E-state index contributed by atoms with van der Waals surface area (Å²) >= 11 is 0. The minimum absolute atomic E-state index is 0.119. The summed E-state index contributed by atoms with van der Waals surface area (Å²) in [5.74, 6) is 1.09. The summed E-state index contributed by atoms with van der Waals surface area (Å²) in [6.07, 6.45) is 1.31. The molecule has 1 saturated heterocycles. The van der Waals surface area contributed by atoms with E-state index in [0.717, 1.165) is 5.56 Å². The number of hydrogen-bond acceptors (Lipinski definition) is 5. The number of phenols is 1. The number of aromatic hydroxyl groups is 1. The number of methoxy groups -OCH3 is 1. The highest BCUT2D eigenvalue weighted by molar-refractivity contribution is 7.91. The van der Waals surface area contributed by atoms with E-state index in [2.05, 4.69) is 5.32 Å². The lowest BCUT2D eigenvalue weighted by atomic mass is 10.1. The van der Waals surface area contributed by atoms with Gasteiger partial charge in [-0.25, -0.2) is 8.42 Å². The molecule has 5 nitrogen and oxygen atoms in total. The lowest BCUT2D eigenvalue weighted by Gasteiger charge is -2.23. The summed E-state index contributed by atoms with van der Waals surface area (Å²) < 4.78 is 27.6. The first-order valence-corrected chi connectivity index (χ1v) is 8.12. The smallest absolute Gasteiger partial charge is 0.160 e. The van der Waals surface area contributed by atoms with Crippen molar-refractivity contribution in [3.05, 3.63) is 23.8 Å². The summed E-state index contributed by atoms with van der Waals surface area (Å²) in [5.41, 5.74) is 0.951. The van der Waals surface area contributed by atoms with Gasteiger partial charge in [-0.2, -0.15) is 0 Å². The largest absolute Gasteiger partial charge is 0.504 e. The maximum Gasteiger partial charge on any atom is 0.160 e. The molecule has 2 rings (SSSR count). The first kappa shape index (κ1) is 14.1. The molecule has 1 aliphatic rings. The van der Waals surface area contributed by atoms with Gasteiger partial charge in [-0.1, -0.05) is 6.07 Å². The van der Waals surface area contributed by atoms with Gasteiger partial charge in [-0.05, 0) is 30.5 Å². The van der Waals surface area contributed by atoms with Gasteiger partial charge in [0.15, 0.2) is 11.5 Å². The highest BCUT2D eigenvalue weighted by Crippen LogP contribution is 2.26. The van der Waals surface area contributed by atoms with Crippen molar-refractivity contribution in [3.63, 3.8) is 0 Å². The normalized spacial score (nSPS) is 19.2. The lowest BCUT2D eigenvalue weighted by Crippen LogP contribution is -2.37. The zero-order chi connectivity index (χ0) is 13.9. The number of benzene rings is 1. The van der Waals surface area contributed by atoms with Gasteiger partial charge in [-0.3, -0.25) is 0 Å². The molecule has 1 aliphatic heterocycles. The van der Waals surface area contributed by atoms with E-state index in [0.29, 0.717) is 25.1 Å². The Hall–Kier alpha value is -1.27. The monoisotopic (exact) mass is 285 g/mol. The van der Waals surface area contributed by atoms with Crippen LogP contribution in [0.5, 0.6) is 11.5 Å². The topological polar surface area (TPSA) is 75.6 Å². The van der Waals surface area contributed by atoms with Gasteiger partial charge in [0.05, 0.1) is 18.6 Å². The molecule has 0 radical (unpaired) electrons. The van der Waals surface area contributed by atoms with Gasteiger partial charge in [0.1, 0.15) is 9.84 Å². The number of sulfone groups is 1. The van der Waals surface area contributed by atoms with Gasteiger partial charge in [0.25, 0.3) is 0 Å². The molecule has 0 aliphatic carbocycles. The zero-order valence-corrected chi connectivity index (χ0v) is 11.7. The van der Waals surface area contributed by atoms with Crippen LogP contribution < -0.4 is 10.1 Å². The Balaban J connectivity index is 1.88. The fourth-order valence-electron chi connectivity index (χ4n) is 2.20. The molecule has 1 heterocycles. The van der Waals surface area contributed by atoms with Gasteiger partial charge < -0.3 is 15.2 Å². The first-order valence-electron chi connectivity index (χ1n) is 6.30. The molecule has 6 heteroatoms. The Morgan fingerprint density at radius 3 is 2.63 bits per heavy atom. The molecule has 2 N–H and O–H groups in total. The number of ether oxygens (including phenoxy) is 1. The van der Waals surface area contributed by atoms with Crippen LogP contribution >= 0.6 is 0 Å². The highest BCUT2D eigenvalue weighted by atomic mass is 32.2. The molecule has 0 amide bonds. The van der Waals surface area contributed by atoms with Crippen molar-refractivity contribution in [3.8, 4) is 11.5 Å². The van der Waals surface area contributed by atoms with E-state index in [-0.39, 0.29) is 23.3 Å². The Morgan fingerprint density at radius 1 is 1.37 bits per heavy atom. The van der Waals surface area contributed by atoms with E-state index in [9.17, 15) is 13.5 Å². The first-order chi connectivity index (χ1) is 9.00. The third-order valence-corrected chi connectivity index (χ3v) is 5.11. The summed E-state index contributed by atoms with van der Waals surface area (Å²) in [4.78, 5) is 0. The van der Waals surface area contributed by atoms with Crippen molar-refractivity contribution >= 4 is 9.84 Å². The quantitative estimate of drug-likeness (QED) is 0.865. The summed E-state index contributed by atoms with van der Waals surface area (Å²) in [5, 5.41) is 13.0. The average Bonchev–Trinajstić information content (AvgIpc) is 2.38. The van der Waals surface area contributed by atoms with Gasteiger partial charge in [0, 0.05) is 12.6 Å². The summed E-state index contributed by atoms with van der Waals surface area (Å²) in [6, 6.07) is 5.49. The van der Waals surface area contributed by atoms with Crippen LogP contribution in [0.2, 0.25) is 0 Å². The third-order valence-electron chi connectivity index (χ3n) is 3.39. The lowest BCUT2D eigenvalue weighted by molar-refractivity contribution is 0.372. The van der Waals surface area contributed by atoms with Crippen molar-refractivity contribution in [2.75, 3.05) is 18.6 Å². The van der Waals surface area contributed by atoms with E-state index in [1.807, 2.05) is 6.07 Å². The minimum Gasteiger partial charge on any atom is -0.504 e. The van der Waals surface area contributed by atoms with Crippen molar-refractivity contribution in [1.82, 2.24) is 5.32 Å². The van der Waals surface area contributed by atoms with Crippen LogP contribution in [-0.4, -0.2) is 38.2 Å². The number of phenolic OH excluding ortho intramolecular Hbond substituents is 1. The van der Waals surface area contributed by atoms with E-state index in [1.165, 1.54) is 7.11 Å². The number of rotatable bonds is 4. The minimum atomic E-state index is -2.81. The predicted molar refractivity (Wildman–Crippen MR) is 73.2 cm³/mol. The molecule has 0 aromatic heterocycles. The van der Waals surface area contributed by atoms with Crippen LogP contribution in [0.25, 0.3) is 0 Å². The Bertz CT molecular complexity index is 528. The van der Waals surface area contributed by atoms with Crippen molar-refractivity contribution in [2.45, 2.75) is 25.4 Å². The zero-order valence-electron chi connectivity index (χ0n) is 10.9. The molecule has 1 aromatic carbocycles. The molecule has 0 atom stereocenters. The maximum absolute atomic E-state index is 11.3. The fourth-order valence-corrected chi connectivity index (χ4v) is 3.69. The third kappa shape index (κ3) is 3.84.